The number of hydrogen-bond donors (Lipinski definition) is 2. The van der Waals surface area contributed by atoms with Crippen molar-refractivity contribution in [3.05, 3.63) is 61.1 Å². The van der Waals surface area contributed by atoms with E-state index in [4.69, 9.17) is 4.74 Å². The zero-order valence-electron chi connectivity index (χ0n) is 20.0. The summed E-state index contributed by atoms with van der Waals surface area (Å²) in [6.45, 7) is 3.29. The van der Waals surface area contributed by atoms with Crippen molar-refractivity contribution >= 4 is 11.6 Å². The molecule has 2 aromatic heterocycles. The molecule has 34 heavy (non-hydrogen) atoms. The number of aromatic nitrogens is 3. The molecular formula is C26H34N6O2. The van der Waals surface area contributed by atoms with Crippen molar-refractivity contribution in [2.45, 2.75) is 25.4 Å². The summed E-state index contributed by atoms with van der Waals surface area (Å²) in [7, 11) is 3.79. The smallest absolute Gasteiger partial charge is 0.237 e. The summed E-state index contributed by atoms with van der Waals surface area (Å²) in [4.78, 5) is 18.1. The Morgan fingerprint density at radius 1 is 1.12 bits per heavy atom. The van der Waals surface area contributed by atoms with Crippen molar-refractivity contribution in [3.63, 3.8) is 0 Å². The van der Waals surface area contributed by atoms with Gasteiger partial charge in [-0.3, -0.25) is 9.48 Å². The van der Waals surface area contributed by atoms with E-state index in [1.54, 1.807) is 4.68 Å². The van der Waals surface area contributed by atoms with Gasteiger partial charge in [0.25, 0.3) is 0 Å². The van der Waals surface area contributed by atoms with Crippen LogP contribution in [-0.4, -0.2) is 64.9 Å². The first kappa shape index (κ1) is 23.8. The van der Waals surface area contributed by atoms with Gasteiger partial charge in [0.1, 0.15) is 6.10 Å². The molecule has 0 bridgehead atoms. The molecule has 1 aromatic carbocycles. The molecule has 180 valence electrons. The fourth-order valence-electron chi connectivity index (χ4n) is 4.14. The lowest BCUT2D eigenvalue weighted by Gasteiger charge is -2.29. The minimum atomic E-state index is 0.0448. The van der Waals surface area contributed by atoms with Crippen LogP contribution in [0.2, 0.25) is 0 Å². The van der Waals surface area contributed by atoms with E-state index in [2.05, 4.69) is 26.8 Å². The van der Waals surface area contributed by atoms with Gasteiger partial charge in [0, 0.05) is 57.1 Å². The summed E-state index contributed by atoms with van der Waals surface area (Å²) in [6, 6.07) is 14.1. The van der Waals surface area contributed by atoms with Gasteiger partial charge in [-0.1, -0.05) is 36.4 Å². The molecule has 1 fully saturated rings. The second kappa shape index (κ2) is 11.7. The lowest BCUT2D eigenvalue weighted by atomic mass is 9.93. The lowest BCUT2D eigenvalue weighted by Crippen LogP contribution is -2.41. The first-order chi connectivity index (χ1) is 16.6. The lowest BCUT2D eigenvalue weighted by molar-refractivity contribution is -0.133. The first-order valence-electron chi connectivity index (χ1n) is 11.9. The van der Waals surface area contributed by atoms with E-state index in [9.17, 15) is 4.79 Å². The molecule has 1 saturated heterocycles. The molecule has 2 aliphatic rings. The van der Waals surface area contributed by atoms with Crippen LogP contribution in [0.15, 0.2) is 61.1 Å². The number of pyridine rings is 1. The highest BCUT2D eigenvalue weighted by Gasteiger charge is 2.24. The van der Waals surface area contributed by atoms with Crippen LogP contribution in [0.1, 0.15) is 19.3 Å². The van der Waals surface area contributed by atoms with Crippen LogP contribution in [0.4, 0.5) is 5.69 Å². The summed E-state index contributed by atoms with van der Waals surface area (Å²) in [6.07, 6.45) is 8.48. The molecule has 2 aliphatic heterocycles. The summed E-state index contributed by atoms with van der Waals surface area (Å²) in [5.74, 6) is 1.41. The zero-order chi connectivity index (χ0) is 23.8. The van der Waals surface area contributed by atoms with Crippen LogP contribution in [0.5, 0.6) is 5.88 Å². The Kier molecular flexibility index (Phi) is 8.14. The number of likely N-dealkylation sites (tertiary alicyclic amines) is 1. The number of amides is 1. The van der Waals surface area contributed by atoms with Crippen LogP contribution in [0.25, 0.3) is 11.1 Å². The Balaban J connectivity index is 0.000000398. The third-order valence-corrected chi connectivity index (χ3v) is 6.22. The Morgan fingerprint density at radius 2 is 1.88 bits per heavy atom. The number of piperidine rings is 1. The van der Waals surface area contributed by atoms with E-state index < -0.39 is 0 Å². The van der Waals surface area contributed by atoms with E-state index >= 15 is 0 Å². The number of aryl methyl sites for hydroxylation is 1. The second-order valence-electron chi connectivity index (χ2n) is 8.92. The molecule has 2 atom stereocenters. The van der Waals surface area contributed by atoms with Gasteiger partial charge in [0.05, 0.1) is 18.4 Å². The number of carbonyl (C=O) groups is 1. The van der Waals surface area contributed by atoms with Gasteiger partial charge < -0.3 is 20.3 Å². The fourth-order valence-corrected chi connectivity index (χ4v) is 4.14. The Bertz CT molecular complexity index is 1030. The van der Waals surface area contributed by atoms with Crippen LogP contribution >= 0.6 is 0 Å². The van der Waals surface area contributed by atoms with Gasteiger partial charge in [-0.15, -0.1) is 0 Å². The largest absolute Gasteiger partial charge is 0.470 e. The summed E-state index contributed by atoms with van der Waals surface area (Å²) < 4.78 is 7.81. The maximum Gasteiger partial charge on any atom is 0.237 e. The standard InChI is InChI=1S/C20H28N6O2.C6H6/c1-25-6-4-14(7-19(25)27)3-5-21-11-17-12-22-18-8-15(9-23-20(18)28-17)16-10-24-26(2)13-16;1-2-4-6-5-3-1/h8-10,13-14,17,21-22H,3-7,11-12H2,1-2H3;1-6H. The summed E-state index contributed by atoms with van der Waals surface area (Å²) in [5.41, 5.74) is 2.98. The van der Waals surface area contributed by atoms with Gasteiger partial charge in [-0.25, -0.2) is 4.98 Å². The van der Waals surface area contributed by atoms with Crippen LogP contribution in [-0.2, 0) is 11.8 Å². The van der Waals surface area contributed by atoms with Crippen molar-refractivity contribution in [2.24, 2.45) is 13.0 Å². The number of ether oxygens (including phenoxy) is 1. The number of nitrogens with one attached hydrogen (secondary N) is 2. The van der Waals surface area contributed by atoms with Crippen LogP contribution < -0.4 is 15.4 Å². The number of benzene rings is 1. The monoisotopic (exact) mass is 462 g/mol. The average Bonchev–Trinajstić information content (AvgIpc) is 3.31. The van der Waals surface area contributed by atoms with E-state index in [0.717, 1.165) is 55.8 Å². The van der Waals surface area contributed by atoms with Crippen LogP contribution in [0, 0.1) is 5.92 Å². The number of fused-ring (bicyclic) bond motifs is 1. The van der Waals surface area contributed by atoms with Crippen molar-refractivity contribution in [2.75, 3.05) is 38.5 Å². The highest BCUT2D eigenvalue weighted by atomic mass is 16.5. The van der Waals surface area contributed by atoms with Crippen molar-refractivity contribution in [3.8, 4) is 17.0 Å². The van der Waals surface area contributed by atoms with Crippen molar-refractivity contribution < 1.29 is 9.53 Å². The maximum absolute atomic E-state index is 11.8. The molecule has 5 rings (SSSR count). The van der Waals surface area contributed by atoms with E-state index in [0.29, 0.717) is 18.2 Å². The summed E-state index contributed by atoms with van der Waals surface area (Å²) >= 11 is 0. The molecule has 8 heteroatoms. The minimum Gasteiger partial charge on any atom is -0.470 e. The van der Waals surface area contributed by atoms with Gasteiger partial charge in [0.15, 0.2) is 0 Å². The van der Waals surface area contributed by atoms with Crippen LogP contribution in [0.3, 0.4) is 0 Å². The molecule has 3 aromatic rings. The molecule has 4 heterocycles. The van der Waals surface area contributed by atoms with E-state index in [1.165, 1.54) is 0 Å². The van der Waals surface area contributed by atoms with Gasteiger partial charge in [-0.2, -0.15) is 5.10 Å². The topological polar surface area (TPSA) is 84.3 Å². The molecule has 8 nitrogen and oxygen atoms in total. The summed E-state index contributed by atoms with van der Waals surface area (Å²) in [5, 5.41) is 11.1. The predicted molar refractivity (Wildman–Crippen MR) is 134 cm³/mol. The third-order valence-electron chi connectivity index (χ3n) is 6.22. The molecule has 0 aliphatic carbocycles. The Labute approximate surface area is 201 Å². The zero-order valence-corrected chi connectivity index (χ0v) is 20.0. The normalized spacial score (nSPS) is 19.4. The number of hydrogen-bond acceptors (Lipinski definition) is 6. The van der Waals surface area contributed by atoms with E-state index in [1.807, 2.05) is 74.0 Å². The maximum atomic E-state index is 11.8. The first-order valence-corrected chi connectivity index (χ1v) is 11.9. The van der Waals surface area contributed by atoms with Gasteiger partial charge in [0.2, 0.25) is 11.8 Å². The van der Waals surface area contributed by atoms with Gasteiger partial charge >= 0.3 is 0 Å². The Hall–Kier alpha value is -3.39. The number of anilines is 1. The fraction of sp³-hybridized carbons (Fsp3) is 0.423. The molecule has 0 spiro atoms. The molecule has 1 amide bonds. The molecule has 0 radical (unpaired) electrons. The number of nitrogens with zero attached hydrogens (tertiary/aromatic N) is 4. The van der Waals surface area contributed by atoms with Gasteiger partial charge in [-0.05, 0) is 31.4 Å². The average molecular weight is 463 g/mol. The highest BCUT2D eigenvalue weighted by molar-refractivity contribution is 5.76. The Morgan fingerprint density at radius 3 is 2.56 bits per heavy atom. The second-order valence-corrected chi connectivity index (χ2v) is 8.92. The molecule has 0 saturated carbocycles. The number of carbonyl (C=O) groups excluding carboxylic acids is 1. The molecule has 2 N–H and O–H groups in total. The number of rotatable bonds is 6. The van der Waals surface area contributed by atoms with Crippen molar-refractivity contribution in [1.82, 2.24) is 25.0 Å². The van der Waals surface area contributed by atoms with Crippen molar-refractivity contribution in [1.29, 1.82) is 0 Å². The quantitative estimate of drug-likeness (QED) is 0.548. The predicted octanol–water partition coefficient (Wildman–Crippen LogP) is 3.19. The SMILES string of the molecule is CN1CCC(CCNCC2CNc3cc(-c4cnn(C)c4)cnc3O2)CC1=O.c1ccccc1. The molecular weight excluding hydrogens is 428 g/mol. The highest BCUT2D eigenvalue weighted by Crippen LogP contribution is 2.31. The minimum absolute atomic E-state index is 0.0448. The molecule has 2 unspecified atom stereocenters. The third kappa shape index (κ3) is 6.57. The van der Waals surface area contributed by atoms with E-state index in [-0.39, 0.29) is 12.0 Å².